The Morgan fingerprint density at radius 2 is 2.28 bits per heavy atom. The number of hydrogen-bond acceptors (Lipinski definition) is 4. The number of carbonyl (C=O) groups excluding carboxylic acids is 1. The van der Waals surface area contributed by atoms with E-state index in [0.29, 0.717) is 0 Å². The Labute approximate surface area is 103 Å². The number of aromatic nitrogens is 1. The summed E-state index contributed by atoms with van der Waals surface area (Å²) in [6.07, 6.45) is -3.10. The number of esters is 1. The second-order valence-electron chi connectivity index (χ2n) is 3.58. The number of rotatable bonds is 4. The molecule has 0 unspecified atom stereocenters. The summed E-state index contributed by atoms with van der Waals surface area (Å²) >= 11 is 0. The van der Waals surface area contributed by atoms with Crippen LogP contribution in [0.25, 0.3) is 0 Å². The van der Waals surface area contributed by atoms with E-state index in [1.165, 1.54) is 13.0 Å². The smallest absolute Gasteiger partial charge is 0.311 e. The van der Waals surface area contributed by atoms with Crippen LogP contribution in [0.15, 0.2) is 6.07 Å². The Balaban J connectivity index is 3.18. The highest BCUT2D eigenvalue weighted by atomic mass is 19.3. The van der Waals surface area contributed by atoms with E-state index < -0.39 is 12.4 Å². The van der Waals surface area contributed by atoms with Gasteiger partial charge >= 0.3 is 5.97 Å². The van der Waals surface area contributed by atoms with Gasteiger partial charge in [0.05, 0.1) is 18.7 Å². The van der Waals surface area contributed by atoms with Crippen LogP contribution >= 0.6 is 0 Å². The maximum Gasteiger partial charge on any atom is 0.311 e. The predicted molar refractivity (Wildman–Crippen MR) is 59.0 cm³/mol. The molecule has 4 nitrogen and oxygen atoms in total. The van der Waals surface area contributed by atoms with E-state index in [2.05, 4.69) is 9.72 Å². The van der Waals surface area contributed by atoms with Crippen molar-refractivity contribution in [2.24, 2.45) is 0 Å². The second kappa shape index (κ2) is 6.05. The topological polar surface area (TPSA) is 63.0 Å². The summed E-state index contributed by atoms with van der Waals surface area (Å²) in [5.41, 5.74) is -0.144. The van der Waals surface area contributed by atoms with Gasteiger partial charge in [0.15, 0.2) is 0 Å². The van der Waals surface area contributed by atoms with Crippen LogP contribution in [0.4, 0.5) is 8.78 Å². The summed E-state index contributed by atoms with van der Waals surface area (Å²) in [5.74, 6) is -0.638. The zero-order chi connectivity index (χ0) is 13.7. The van der Waals surface area contributed by atoms with Crippen LogP contribution < -0.4 is 0 Å². The quantitative estimate of drug-likeness (QED) is 0.773. The Morgan fingerprint density at radius 1 is 1.61 bits per heavy atom. The minimum Gasteiger partial charge on any atom is -0.466 e. The molecule has 0 spiro atoms. The molecule has 0 saturated heterocycles. The number of ether oxygens (including phenoxy) is 1. The summed E-state index contributed by atoms with van der Waals surface area (Å²) in [6.45, 7) is 3.24. The first-order chi connectivity index (χ1) is 8.49. The molecule has 6 heteroatoms. The van der Waals surface area contributed by atoms with Crippen LogP contribution in [0.5, 0.6) is 0 Å². The van der Waals surface area contributed by atoms with Crippen molar-refractivity contribution in [2.45, 2.75) is 26.7 Å². The number of alkyl halides is 2. The van der Waals surface area contributed by atoms with Crippen molar-refractivity contribution in [3.63, 3.8) is 0 Å². The lowest BCUT2D eigenvalue weighted by Gasteiger charge is -2.11. The third-order valence-corrected chi connectivity index (χ3v) is 2.29. The van der Waals surface area contributed by atoms with Gasteiger partial charge < -0.3 is 4.74 Å². The SMILES string of the molecule is CCOC(=O)Cc1nc(C#N)cc(C)c1C(F)F. The molecule has 1 aromatic heterocycles. The predicted octanol–water partition coefficient (Wildman–Crippen LogP) is 2.30. The molecule has 1 heterocycles. The maximum absolute atomic E-state index is 12.9. The normalized spacial score (nSPS) is 10.2. The van der Waals surface area contributed by atoms with Crippen LogP contribution in [-0.2, 0) is 16.0 Å². The molecule has 0 saturated carbocycles. The molecule has 96 valence electrons. The van der Waals surface area contributed by atoms with Gasteiger partial charge in [0.2, 0.25) is 0 Å². The van der Waals surface area contributed by atoms with E-state index in [9.17, 15) is 13.6 Å². The molecule has 0 amide bonds. The van der Waals surface area contributed by atoms with Gasteiger partial charge in [-0.05, 0) is 25.5 Å². The summed E-state index contributed by atoms with van der Waals surface area (Å²) in [7, 11) is 0. The molecule has 0 aliphatic carbocycles. The second-order valence-corrected chi connectivity index (χ2v) is 3.58. The number of nitrogens with zero attached hydrogens (tertiary/aromatic N) is 2. The molecule has 0 atom stereocenters. The lowest BCUT2D eigenvalue weighted by Crippen LogP contribution is -2.12. The summed E-state index contributed by atoms with van der Waals surface area (Å²) < 4.78 is 30.5. The molecule has 0 fully saturated rings. The molecule has 0 aromatic carbocycles. The first-order valence-electron chi connectivity index (χ1n) is 5.33. The minimum atomic E-state index is -2.74. The van der Waals surface area contributed by atoms with Crippen molar-refractivity contribution in [3.05, 3.63) is 28.6 Å². The van der Waals surface area contributed by atoms with Crippen LogP contribution in [0, 0.1) is 18.3 Å². The van der Waals surface area contributed by atoms with E-state index in [0.717, 1.165) is 0 Å². The van der Waals surface area contributed by atoms with Gasteiger partial charge in [-0.15, -0.1) is 0 Å². The molecule has 0 aliphatic rings. The van der Waals surface area contributed by atoms with Crippen LogP contribution in [0.2, 0.25) is 0 Å². The zero-order valence-electron chi connectivity index (χ0n) is 10.0. The number of aryl methyl sites for hydroxylation is 1. The monoisotopic (exact) mass is 254 g/mol. The molecule has 0 N–H and O–H groups in total. The standard InChI is InChI=1S/C12H12F2N2O2/c1-3-18-10(17)5-9-11(12(13)14)7(2)4-8(6-15)16-9/h4,12H,3,5H2,1-2H3. The van der Waals surface area contributed by atoms with Gasteiger partial charge in [-0.25, -0.2) is 13.8 Å². The van der Waals surface area contributed by atoms with Gasteiger partial charge in [-0.1, -0.05) is 0 Å². The van der Waals surface area contributed by atoms with Crippen molar-refractivity contribution < 1.29 is 18.3 Å². The maximum atomic E-state index is 12.9. The van der Waals surface area contributed by atoms with Crippen LogP contribution in [-0.4, -0.2) is 17.6 Å². The van der Waals surface area contributed by atoms with Crippen molar-refractivity contribution in [2.75, 3.05) is 6.61 Å². The molecular weight excluding hydrogens is 242 g/mol. The van der Waals surface area contributed by atoms with Gasteiger partial charge in [-0.2, -0.15) is 5.26 Å². The van der Waals surface area contributed by atoms with E-state index in [4.69, 9.17) is 5.26 Å². The Kier molecular flexibility index (Phi) is 4.72. The Bertz CT molecular complexity index is 496. The fourth-order valence-electron chi connectivity index (χ4n) is 1.59. The lowest BCUT2D eigenvalue weighted by molar-refractivity contribution is -0.142. The largest absolute Gasteiger partial charge is 0.466 e. The minimum absolute atomic E-state index is 0.0104. The molecule has 0 aliphatic heterocycles. The molecule has 0 bridgehead atoms. The van der Waals surface area contributed by atoms with E-state index >= 15 is 0 Å². The average molecular weight is 254 g/mol. The number of hydrogen-bond donors (Lipinski definition) is 0. The van der Waals surface area contributed by atoms with Crippen molar-refractivity contribution >= 4 is 5.97 Å². The fourth-order valence-corrected chi connectivity index (χ4v) is 1.59. The van der Waals surface area contributed by atoms with Gasteiger partial charge in [0.1, 0.15) is 11.8 Å². The highest BCUT2D eigenvalue weighted by Crippen LogP contribution is 2.26. The highest BCUT2D eigenvalue weighted by molar-refractivity contribution is 5.72. The number of carbonyl (C=O) groups is 1. The summed E-state index contributed by atoms with van der Waals surface area (Å²) in [6, 6.07) is 3.05. The van der Waals surface area contributed by atoms with Gasteiger partial charge in [0.25, 0.3) is 6.43 Å². The zero-order valence-corrected chi connectivity index (χ0v) is 10.0. The van der Waals surface area contributed by atoms with E-state index in [1.807, 2.05) is 0 Å². The summed E-state index contributed by atoms with van der Waals surface area (Å²) in [5, 5.41) is 8.74. The number of halogens is 2. The molecular formula is C12H12F2N2O2. The van der Waals surface area contributed by atoms with Gasteiger partial charge in [-0.3, -0.25) is 4.79 Å². The van der Waals surface area contributed by atoms with Crippen molar-refractivity contribution in [1.82, 2.24) is 4.98 Å². The first-order valence-corrected chi connectivity index (χ1v) is 5.33. The van der Waals surface area contributed by atoms with Crippen LogP contribution in [0.3, 0.4) is 0 Å². The highest BCUT2D eigenvalue weighted by Gasteiger charge is 2.20. The molecule has 1 aromatic rings. The molecule has 1 rings (SSSR count). The average Bonchev–Trinajstić information content (AvgIpc) is 2.27. The summed E-state index contributed by atoms with van der Waals surface area (Å²) in [4.78, 5) is 15.1. The Morgan fingerprint density at radius 3 is 2.78 bits per heavy atom. The Hall–Kier alpha value is -2.03. The number of pyridine rings is 1. The van der Waals surface area contributed by atoms with E-state index in [1.54, 1.807) is 13.0 Å². The van der Waals surface area contributed by atoms with Gasteiger partial charge in [0, 0.05) is 5.56 Å². The van der Waals surface area contributed by atoms with Crippen molar-refractivity contribution in [3.8, 4) is 6.07 Å². The van der Waals surface area contributed by atoms with Crippen LogP contribution in [0.1, 0.15) is 35.9 Å². The molecule has 18 heavy (non-hydrogen) atoms. The fraction of sp³-hybridized carbons (Fsp3) is 0.417. The number of nitriles is 1. The first kappa shape index (κ1) is 14.0. The lowest BCUT2D eigenvalue weighted by atomic mass is 10.0. The third-order valence-electron chi connectivity index (χ3n) is 2.29. The van der Waals surface area contributed by atoms with Crippen molar-refractivity contribution in [1.29, 1.82) is 5.26 Å². The molecule has 0 radical (unpaired) electrons. The third kappa shape index (κ3) is 3.23. The van der Waals surface area contributed by atoms with E-state index in [-0.39, 0.29) is 35.5 Å².